The number of aromatic nitrogens is 2. The maximum Gasteiger partial charge on any atom is 0.421 e. The van der Waals surface area contributed by atoms with Crippen molar-refractivity contribution in [3.05, 3.63) is 35.5 Å². The minimum absolute atomic E-state index is 0.0578. The van der Waals surface area contributed by atoms with E-state index in [-0.39, 0.29) is 29.2 Å². The van der Waals surface area contributed by atoms with Gasteiger partial charge < -0.3 is 15.3 Å². The van der Waals surface area contributed by atoms with E-state index in [1.54, 1.807) is 18.9 Å². The third-order valence-corrected chi connectivity index (χ3v) is 11.9. The van der Waals surface area contributed by atoms with Gasteiger partial charge in [-0.1, -0.05) is 11.9 Å². The zero-order valence-electron chi connectivity index (χ0n) is 23.6. The number of sulfone groups is 1. The van der Waals surface area contributed by atoms with Crippen LogP contribution < -0.4 is 10.2 Å². The fourth-order valence-electron chi connectivity index (χ4n) is 6.27. The van der Waals surface area contributed by atoms with Crippen LogP contribution >= 0.6 is 11.9 Å². The standard InChI is InChI=1S/C27H33F6N5O3S2/c1-17-12-18(43(40,41)19-13-24(14-19)7-10-38(42-2)11-8-24)4-5-21(17)35-23-34-15-20(26(28,29)30)22(36-23)37-9-3-6-25(39,16-37)27(31,32)33/h4-5,12,15,19,39H,3,6-11,13-14,16H2,1-2H3,(H,34,35,36). The molecule has 3 aliphatic rings. The molecule has 2 saturated heterocycles. The number of aryl methyl sites for hydroxylation is 1. The number of benzene rings is 1. The molecule has 5 rings (SSSR count). The largest absolute Gasteiger partial charge is 0.421 e. The Labute approximate surface area is 250 Å². The lowest BCUT2D eigenvalue weighted by atomic mass is 9.63. The Morgan fingerprint density at radius 2 is 1.74 bits per heavy atom. The van der Waals surface area contributed by atoms with Crippen molar-refractivity contribution in [2.45, 2.75) is 73.5 Å². The second-order valence-electron chi connectivity index (χ2n) is 11.8. The van der Waals surface area contributed by atoms with Gasteiger partial charge in [0.15, 0.2) is 15.4 Å². The third-order valence-electron chi connectivity index (χ3n) is 8.95. The molecule has 1 aliphatic carbocycles. The van der Waals surface area contributed by atoms with Crippen LogP contribution in [0.3, 0.4) is 0 Å². The SMILES string of the molecule is CSN1CCC2(CC1)CC(S(=O)(=O)c1ccc(Nc3ncc(C(F)(F)F)c(N4CCCC(O)(C(F)(F)F)C4)n3)c(C)c1)C2. The van der Waals surface area contributed by atoms with E-state index in [1.165, 1.54) is 18.2 Å². The van der Waals surface area contributed by atoms with Crippen LogP contribution in [-0.2, 0) is 16.0 Å². The molecule has 16 heteroatoms. The van der Waals surface area contributed by atoms with E-state index in [9.17, 15) is 39.9 Å². The van der Waals surface area contributed by atoms with Gasteiger partial charge in [-0.15, -0.1) is 0 Å². The first-order valence-corrected chi connectivity index (χ1v) is 16.6. The molecule has 238 valence electrons. The summed E-state index contributed by atoms with van der Waals surface area (Å²) in [5, 5.41) is 12.5. The summed E-state index contributed by atoms with van der Waals surface area (Å²) in [4.78, 5) is 8.55. The lowest BCUT2D eigenvalue weighted by Gasteiger charge is -2.51. The molecule has 2 N–H and O–H groups in total. The number of hydrogen-bond donors (Lipinski definition) is 2. The number of piperidine rings is 2. The molecule has 0 bridgehead atoms. The lowest BCUT2D eigenvalue weighted by molar-refractivity contribution is -0.261. The highest BCUT2D eigenvalue weighted by Gasteiger charge is 2.56. The molecular formula is C27H33F6N5O3S2. The number of halogens is 6. The van der Waals surface area contributed by atoms with E-state index >= 15 is 0 Å². The van der Waals surface area contributed by atoms with Gasteiger partial charge in [-0.05, 0) is 80.9 Å². The minimum Gasteiger partial charge on any atom is -0.379 e. The minimum atomic E-state index is -5.04. The topological polar surface area (TPSA) is 98.7 Å². The smallest absolute Gasteiger partial charge is 0.379 e. The normalized spacial score (nSPS) is 23.8. The number of β-amino-alcohol motifs (C(OH)–C–C–N with tert-alkyl or cyclic N) is 1. The van der Waals surface area contributed by atoms with E-state index < -0.39 is 57.4 Å². The van der Waals surface area contributed by atoms with Gasteiger partial charge in [0.25, 0.3) is 0 Å². The Morgan fingerprint density at radius 3 is 2.33 bits per heavy atom. The molecule has 3 fully saturated rings. The fourth-order valence-corrected chi connectivity index (χ4v) is 8.94. The summed E-state index contributed by atoms with van der Waals surface area (Å²) in [5.74, 6) is -1.10. The molecule has 1 aromatic heterocycles. The molecule has 1 aromatic carbocycles. The van der Waals surface area contributed by atoms with Crippen molar-refractivity contribution in [2.75, 3.05) is 42.7 Å². The van der Waals surface area contributed by atoms with E-state index in [0.717, 1.165) is 30.8 Å². The first-order chi connectivity index (χ1) is 20.0. The highest BCUT2D eigenvalue weighted by molar-refractivity contribution is 7.96. The molecule has 1 spiro atoms. The molecule has 2 aromatic rings. The zero-order chi connectivity index (χ0) is 31.4. The van der Waals surface area contributed by atoms with Crippen molar-refractivity contribution in [3.63, 3.8) is 0 Å². The van der Waals surface area contributed by atoms with Crippen LogP contribution in [0.4, 0.5) is 43.8 Å². The van der Waals surface area contributed by atoms with Crippen molar-refractivity contribution in [1.82, 2.24) is 14.3 Å². The monoisotopic (exact) mass is 653 g/mol. The van der Waals surface area contributed by atoms with Crippen molar-refractivity contribution >= 4 is 39.2 Å². The molecule has 1 atom stereocenters. The van der Waals surface area contributed by atoms with Crippen molar-refractivity contribution in [2.24, 2.45) is 5.41 Å². The molecule has 0 amide bonds. The average molecular weight is 654 g/mol. The quantitative estimate of drug-likeness (QED) is 0.299. The van der Waals surface area contributed by atoms with Crippen LogP contribution in [0.1, 0.15) is 49.7 Å². The van der Waals surface area contributed by atoms with Crippen molar-refractivity contribution in [1.29, 1.82) is 0 Å². The summed E-state index contributed by atoms with van der Waals surface area (Å²) in [5.41, 5.74) is -3.67. The van der Waals surface area contributed by atoms with Gasteiger partial charge in [0, 0.05) is 31.5 Å². The Kier molecular flexibility index (Phi) is 8.40. The second-order valence-corrected chi connectivity index (χ2v) is 14.9. The summed E-state index contributed by atoms with van der Waals surface area (Å²) >= 11 is 1.69. The Morgan fingerprint density at radius 1 is 1.07 bits per heavy atom. The van der Waals surface area contributed by atoms with Crippen molar-refractivity contribution < 1.29 is 39.9 Å². The van der Waals surface area contributed by atoms with Gasteiger partial charge in [-0.2, -0.15) is 31.3 Å². The molecule has 3 heterocycles. The molecule has 8 nitrogen and oxygen atoms in total. The predicted octanol–water partition coefficient (Wildman–Crippen LogP) is 5.74. The van der Waals surface area contributed by atoms with E-state index in [0.29, 0.717) is 30.3 Å². The van der Waals surface area contributed by atoms with E-state index in [4.69, 9.17) is 0 Å². The van der Waals surface area contributed by atoms with Gasteiger partial charge in [-0.25, -0.2) is 13.4 Å². The van der Waals surface area contributed by atoms with Gasteiger partial charge in [0.05, 0.1) is 16.7 Å². The van der Waals surface area contributed by atoms with Crippen LogP contribution in [0.25, 0.3) is 0 Å². The number of nitrogens with one attached hydrogen (secondary N) is 1. The van der Waals surface area contributed by atoms with Gasteiger partial charge >= 0.3 is 12.4 Å². The molecule has 43 heavy (non-hydrogen) atoms. The van der Waals surface area contributed by atoms with E-state index in [1.807, 2.05) is 6.26 Å². The Balaban J connectivity index is 1.34. The highest BCUT2D eigenvalue weighted by Crippen LogP contribution is 2.53. The van der Waals surface area contributed by atoms with E-state index in [2.05, 4.69) is 19.6 Å². The number of rotatable bonds is 6. The van der Waals surface area contributed by atoms with Gasteiger partial charge in [0.1, 0.15) is 11.4 Å². The summed E-state index contributed by atoms with van der Waals surface area (Å²) in [7, 11) is -3.60. The molecule has 1 saturated carbocycles. The van der Waals surface area contributed by atoms with Gasteiger partial charge in [0.2, 0.25) is 5.95 Å². The fraction of sp³-hybridized carbons (Fsp3) is 0.630. The molecule has 2 aliphatic heterocycles. The number of aliphatic hydroxyl groups is 1. The Bertz CT molecular complexity index is 1460. The predicted molar refractivity (Wildman–Crippen MR) is 151 cm³/mol. The zero-order valence-corrected chi connectivity index (χ0v) is 25.2. The van der Waals surface area contributed by atoms with Crippen LogP contribution in [0.2, 0.25) is 0 Å². The maximum absolute atomic E-state index is 13.8. The third kappa shape index (κ3) is 6.29. The molecular weight excluding hydrogens is 620 g/mol. The summed E-state index contributed by atoms with van der Waals surface area (Å²) in [6, 6.07) is 4.38. The van der Waals surface area contributed by atoms with Crippen molar-refractivity contribution in [3.8, 4) is 0 Å². The molecule has 0 radical (unpaired) electrons. The summed E-state index contributed by atoms with van der Waals surface area (Å²) in [6.45, 7) is 2.20. The number of hydrogen-bond acceptors (Lipinski definition) is 9. The second kappa shape index (κ2) is 11.2. The first kappa shape index (κ1) is 32.1. The number of nitrogens with zero attached hydrogens (tertiary/aromatic N) is 4. The van der Waals surface area contributed by atoms with Crippen LogP contribution in [0.5, 0.6) is 0 Å². The maximum atomic E-state index is 13.8. The lowest BCUT2D eigenvalue weighted by Crippen LogP contribution is -2.57. The number of anilines is 3. The average Bonchev–Trinajstić information content (AvgIpc) is 2.91. The number of alkyl halides is 6. The van der Waals surface area contributed by atoms with Crippen LogP contribution in [0, 0.1) is 12.3 Å². The first-order valence-electron chi connectivity index (χ1n) is 13.9. The highest BCUT2D eigenvalue weighted by atomic mass is 32.2. The van der Waals surface area contributed by atoms with Crippen LogP contribution in [0.15, 0.2) is 29.3 Å². The summed E-state index contributed by atoms with van der Waals surface area (Å²) in [6.07, 6.45) is -5.18. The summed E-state index contributed by atoms with van der Waals surface area (Å²) < 4.78 is 111. The molecule has 1 unspecified atom stereocenters. The van der Waals surface area contributed by atoms with Gasteiger partial charge in [-0.3, -0.25) is 4.31 Å². The van der Waals surface area contributed by atoms with Crippen LogP contribution in [-0.4, -0.2) is 77.3 Å². The Hall–Kier alpha value is -2.30.